The summed E-state index contributed by atoms with van der Waals surface area (Å²) in [6, 6.07) is 7.71. The maximum absolute atomic E-state index is 5.57. The molecule has 0 unspecified atom stereocenters. The number of hydrogen-bond donors (Lipinski definition) is 0. The van der Waals surface area contributed by atoms with E-state index >= 15 is 0 Å². The first-order chi connectivity index (χ1) is 6.31. The van der Waals surface area contributed by atoms with E-state index in [1.54, 1.807) is 0 Å². The summed E-state index contributed by atoms with van der Waals surface area (Å²) in [7, 11) is -0.234. The van der Waals surface area contributed by atoms with E-state index < -0.39 is 0 Å². The maximum atomic E-state index is 5.57. The van der Waals surface area contributed by atoms with Gasteiger partial charge in [-0.1, -0.05) is 18.2 Å². The van der Waals surface area contributed by atoms with Gasteiger partial charge >= 0.3 is 7.12 Å². The average molecular weight is 174 g/mol. The van der Waals surface area contributed by atoms with Crippen molar-refractivity contribution >= 4 is 7.12 Å². The maximum Gasteiger partial charge on any atom is 0.627 e. The highest BCUT2D eigenvalue weighted by Crippen LogP contribution is 2.33. The lowest BCUT2D eigenvalue weighted by molar-refractivity contribution is 0.511. The Kier molecular flexibility index (Phi) is 2.01. The third-order valence-corrected chi connectivity index (χ3v) is 2.14. The van der Waals surface area contributed by atoms with Crippen LogP contribution in [-0.4, -0.2) is 7.12 Å². The minimum absolute atomic E-state index is 0.234. The molecule has 0 amide bonds. The zero-order valence-corrected chi connectivity index (χ0v) is 7.78. The van der Waals surface area contributed by atoms with Gasteiger partial charge in [0.05, 0.1) is 0 Å². The molecule has 1 aromatic carbocycles. The van der Waals surface area contributed by atoms with Crippen LogP contribution in [0.5, 0.6) is 11.5 Å². The quantitative estimate of drug-likeness (QED) is 0.608. The van der Waals surface area contributed by atoms with E-state index in [0.717, 1.165) is 17.0 Å². The molecule has 1 heterocycles. The van der Waals surface area contributed by atoms with Crippen LogP contribution in [0.15, 0.2) is 35.8 Å². The zero-order chi connectivity index (χ0) is 9.26. The van der Waals surface area contributed by atoms with Gasteiger partial charge in [-0.05, 0) is 31.5 Å². The fourth-order valence-electron chi connectivity index (χ4n) is 1.22. The van der Waals surface area contributed by atoms with Crippen molar-refractivity contribution in [2.45, 2.75) is 13.8 Å². The van der Waals surface area contributed by atoms with Crippen molar-refractivity contribution in [2.75, 3.05) is 0 Å². The van der Waals surface area contributed by atoms with Crippen molar-refractivity contribution in [3.8, 4) is 11.5 Å². The molecule has 1 aliphatic heterocycles. The van der Waals surface area contributed by atoms with Crippen LogP contribution in [0, 0.1) is 0 Å². The molecule has 0 aliphatic carbocycles. The van der Waals surface area contributed by atoms with Gasteiger partial charge in [0, 0.05) is 0 Å². The van der Waals surface area contributed by atoms with Crippen molar-refractivity contribution in [3.05, 3.63) is 35.8 Å². The Balaban J connectivity index is 2.23. The number of allylic oxidation sites excluding steroid dienone is 2. The molecule has 0 radical (unpaired) electrons. The Bertz CT molecular complexity index is 322. The van der Waals surface area contributed by atoms with Gasteiger partial charge in [0.1, 0.15) is 11.5 Å². The van der Waals surface area contributed by atoms with Gasteiger partial charge < -0.3 is 9.31 Å². The van der Waals surface area contributed by atoms with Crippen LogP contribution < -0.4 is 9.31 Å². The molecule has 2 rings (SSSR count). The summed E-state index contributed by atoms with van der Waals surface area (Å²) in [4.78, 5) is 0. The zero-order valence-electron chi connectivity index (χ0n) is 7.78. The van der Waals surface area contributed by atoms with E-state index in [9.17, 15) is 0 Å². The van der Waals surface area contributed by atoms with Gasteiger partial charge in [0.15, 0.2) is 0 Å². The first kappa shape index (κ1) is 8.23. The second-order valence-electron chi connectivity index (χ2n) is 3.05. The third-order valence-electron chi connectivity index (χ3n) is 2.14. The SMILES string of the molecule is C/C=C(/C)B1Oc2ccccc2O1. The van der Waals surface area contributed by atoms with E-state index in [2.05, 4.69) is 0 Å². The normalized spacial score (nSPS) is 14.9. The molecule has 0 spiro atoms. The number of benzene rings is 1. The Morgan fingerprint density at radius 3 is 2.23 bits per heavy atom. The predicted octanol–water partition coefficient (Wildman–Crippen LogP) is 2.45. The van der Waals surface area contributed by atoms with E-state index in [4.69, 9.17) is 9.31 Å². The van der Waals surface area contributed by atoms with Crippen LogP contribution in [0.25, 0.3) is 0 Å². The van der Waals surface area contributed by atoms with Gasteiger partial charge in [0.25, 0.3) is 0 Å². The van der Waals surface area contributed by atoms with Crippen LogP contribution in [0.1, 0.15) is 13.8 Å². The van der Waals surface area contributed by atoms with Gasteiger partial charge in [-0.15, -0.1) is 0 Å². The molecule has 0 bridgehead atoms. The molecule has 3 heteroatoms. The first-order valence-electron chi connectivity index (χ1n) is 4.36. The molecule has 0 saturated carbocycles. The van der Waals surface area contributed by atoms with Crippen molar-refractivity contribution in [1.82, 2.24) is 0 Å². The lowest BCUT2D eigenvalue weighted by atomic mass is 9.80. The monoisotopic (exact) mass is 174 g/mol. The summed E-state index contributed by atoms with van der Waals surface area (Å²) in [6.07, 6.45) is 2.00. The van der Waals surface area contributed by atoms with Crippen molar-refractivity contribution in [1.29, 1.82) is 0 Å². The molecule has 0 atom stereocenters. The summed E-state index contributed by atoms with van der Waals surface area (Å²) in [5.74, 6) is 1.66. The molecule has 1 aromatic rings. The Morgan fingerprint density at radius 2 is 1.77 bits per heavy atom. The number of fused-ring (bicyclic) bond motifs is 1. The molecule has 0 N–H and O–H groups in total. The van der Waals surface area contributed by atoms with Crippen LogP contribution in [0.2, 0.25) is 0 Å². The minimum Gasteiger partial charge on any atom is -0.519 e. The molecule has 2 nitrogen and oxygen atoms in total. The lowest BCUT2D eigenvalue weighted by Crippen LogP contribution is -2.26. The second-order valence-corrected chi connectivity index (χ2v) is 3.05. The third kappa shape index (κ3) is 1.42. The second kappa shape index (κ2) is 3.17. The Hall–Kier alpha value is -1.38. The first-order valence-corrected chi connectivity index (χ1v) is 4.36. The summed E-state index contributed by atoms with van der Waals surface area (Å²) < 4.78 is 11.1. The fraction of sp³-hybridized carbons (Fsp3) is 0.200. The summed E-state index contributed by atoms with van der Waals surface area (Å²) in [5.41, 5.74) is 1.09. The molecule has 13 heavy (non-hydrogen) atoms. The van der Waals surface area contributed by atoms with Gasteiger partial charge in [-0.2, -0.15) is 0 Å². The smallest absolute Gasteiger partial charge is 0.519 e. The summed E-state index contributed by atoms with van der Waals surface area (Å²) in [5, 5.41) is 0. The molecule has 66 valence electrons. The molecule has 0 saturated heterocycles. The summed E-state index contributed by atoms with van der Waals surface area (Å²) in [6.45, 7) is 3.97. The molecular formula is C10H11BO2. The fourth-order valence-corrected chi connectivity index (χ4v) is 1.22. The molecular weight excluding hydrogens is 163 g/mol. The summed E-state index contributed by atoms with van der Waals surface area (Å²) >= 11 is 0. The Labute approximate surface area is 78.3 Å². The van der Waals surface area contributed by atoms with E-state index in [1.807, 2.05) is 44.2 Å². The predicted molar refractivity (Wildman–Crippen MR) is 52.9 cm³/mol. The Morgan fingerprint density at radius 1 is 1.23 bits per heavy atom. The molecule has 0 aromatic heterocycles. The van der Waals surface area contributed by atoms with E-state index in [0.29, 0.717) is 0 Å². The molecule has 1 aliphatic rings. The van der Waals surface area contributed by atoms with Gasteiger partial charge in [0.2, 0.25) is 0 Å². The van der Waals surface area contributed by atoms with Gasteiger partial charge in [-0.3, -0.25) is 0 Å². The van der Waals surface area contributed by atoms with Crippen molar-refractivity contribution in [2.24, 2.45) is 0 Å². The van der Waals surface area contributed by atoms with Crippen LogP contribution >= 0.6 is 0 Å². The average Bonchev–Trinajstić information content (AvgIpc) is 2.59. The van der Waals surface area contributed by atoms with Gasteiger partial charge in [-0.25, -0.2) is 0 Å². The van der Waals surface area contributed by atoms with Crippen LogP contribution in [0.3, 0.4) is 0 Å². The number of para-hydroxylation sites is 2. The van der Waals surface area contributed by atoms with E-state index in [1.165, 1.54) is 0 Å². The highest BCUT2D eigenvalue weighted by Gasteiger charge is 2.32. The van der Waals surface area contributed by atoms with Crippen molar-refractivity contribution in [3.63, 3.8) is 0 Å². The number of rotatable bonds is 1. The topological polar surface area (TPSA) is 18.5 Å². The highest BCUT2D eigenvalue weighted by molar-refractivity contribution is 6.56. The van der Waals surface area contributed by atoms with E-state index in [-0.39, 0.29) is 7.12 Å². The highest BCUT2D eigenvalue weighted by atomic mass is 16.6. The largest absolute Gasteiger partial charge is 0.627 e. The van der Waals surface area contributed by atoms with Crippen LogP contribution in [0.4, 0.5) is 0 Å². The van der Waals surface area contributed by atoms with Crippen LogP contribution in [-0.2, 0) is 0 Å². The standard InChI is InChI=1S/C10H11BO2/c1-3-8(2)11-12-9-6-4-5-7-10(9)13-11/h3-7H,1-2H3/b8-3-. The minimum atomic E-state index is -0.234. The number of hydrogen-bond acceptors (Lipinski definition) is 2. The van der Waals surface area contributed by atoms with Crippen molar-refractivity contribution < 1.29 is 9.31 Å². The molecule has 0 fully saturated rings. The lowest BCUT2D eigenvalue weighted by Gasteiger charge is -2.02.